The Labute approximate surface area is 57.5 Å². The van der Waals surface area contributed by atoms with Gasteiger partial charge in [0.05, 0.1) is 4.11 Å². The van der Waals surface area contributed by atoms with Crippen LogP contribution in [-0.4, -0.2) is 0 Å². The van der Waals surface area contributed by atoms with E-state index in [1.165, 1.54) is 6.92 Å². The maximum atomic E-state index is 12.9. The lowest BCUT2D eigenvalue weighted by molar-refractivity contribution is 0.627. The Morgan fingerprint density at radius 1 is 1.67 bits per heavy atom. The maximum absolute atomic E-state index is 12.9. The van der Waals surface area contributed by atoms with Crippen molar-refractivity contribution in [3.8, 4) is 0 Å². The maximum Gasteiger partial charge on any atom is 0.123 e. The molecule has 2 N–H and O–H groups in total. The standard InChI is InChI=1S/C7H8FN/c1-5-4-6(8)2-3-7(5)9/h2-4H,9H2,1H3/i2D,3D,4D. The van der Waals surface area contributed by atoms with Crippen molar-refractivity contribution < 1.29 is 8.50 Å². The van der Waals surface area contributed by atoms with Gasteiger partial charge in [0, 0.05) is 5.69 Å². The third-order valence-electron chi connectivity index (χ3n) is 1.01. The van der Waals surface area contributed by atoms with E-state index in [0.717, 1.165) is 0 Å². The summed E-state index contributed by atoms with van der Waals surface area (Å²) in [5.41, 5.74) is 5.58. The first-order chi connectivity index (χ1) is 5.46. The van der Waals surface area contributed by atoms with Crippen molar-refractivity contribution in [3.05, 3.63) is 29.5 Å². The van der Waals surface area contributed by atoms with Crippen LogP contribution < -0.4 is 5.73 Å². The molecule has 0 aliphatic heterocycles. The Morgan fingerprint density at radius 3 is 3.00 bits per heavy atom. The van der Waals surface area contributed by atoms with Crippen molar-refractivity contribution in [2.45, 2.75) is 6.92 Å². The molecule has 0 aliphatic rings. The van der Waals surface area contributed by atoms with E-state index in [-0.39, 0.29) is 17.3 Å². The molecular formula is C7H8FN. The van der Waals surface area contributed by atoms with Gasteiger partial charge in [-0.25, -0.2) is 4.39 Å². The number of benzene rings is 1. The van der Waals surface area contributed by atoms with E-state index in [9.17, 15) is 4.39 Å². The average molecular weight is 128 g/mol. The SMILES string of the molecule is [2H]c1c([2H])c(F)c([2H])c(C)c1N. The van der Waals surface area contributed by atoms with Gasteiger partial charge in [-0.05, 0) is 30.6 Å². The Balaban J connectivity index is 3.60. The molecule has 0 unspecified atom stereocenters. The third kappa shape index (κ3) is 1.19. The molecule has 0 atom stereocenters. The van der Waals surface area contributed by atoms with Gasteiger partial charge in [-0.15, -0.1) is 0 Å². The quantitative estimate of drug-likeness (QED) is 0.529. The largest absolute Gasteiger partial charge is 0.399 e. The monoisotopic (exact) mass is 128 g/mol. The summed E-state index contributed by atoms with van der Waals surface area (Å²) in [7, 11) is 0. The van der Waals surface area contributed by atoms with E-state index in [0.29, 0.717) is 0 Å². The van der Waals surface area contributed by atoms with E-state index >= 15 is 0 Å². The number of rotatable bonds is 0. The highest BCUT2D eigenvalue weighted by Gasteiger charge is 1.92. The molecule has 1 rings (SSSR count). The van der Waals surface area contributed by atoms with Crippen LogP contribution in [0.2, 0.25) is 0 Å². The molecule has 1 aromatic rings. The second-order valence-electron chi connectivity index (χ2n) is 1.73. The summed E-state index contributed by atoms with van der Waals surface area (Å²) in [6.07, 6.45) is 0. The van der Waals surface area contributed by atoms with Crippen LogP contribution in [0.25, 0.3) is 0 Å². The molecule has 1 aromatic carbocycles. The topological polar surface area (TPSA) is 26.0 Å². The fraction of sp³-hybridized carbons (Fsp3) is 0.143. The first kappa shape index (κ1) is 3.20. The second-order valence-corrected chi connectivity index (χ2v) is 1.73. The second kappa shape index (κ2) is 2.05. The Morgan fingerprint density at radius 2 is 2.33 bits per heavy atom. The van der Waals surface area contributed by atoms with E-state index in [1.54, 1.807) is 0 Å². The zero-order valence-corrected chi connectivity index (χ0v) is 4.96. The van der Waals surface area contributed by atoms with Gasteiger partial charge < -0.3 is 5.73 Å². The van der Waals surface area contributed by atoms with E-state index < -0.39 is 17.9 Å². The first-order valence-corrected chi connectivity index (χ1v) is 2.48. The highest BCUT2D eigenvalue weighted by molar-refractivity contribution is 5.45. The summed E-state index contributed by atoms with van der Waals surface area (Å²) < 4.78 is 34.3. The molecular weight excluding hydrogens is 117 g/mol. The number of anilines is 1. The van der Waals surface area contributed by atoms with Crippen molar-refractivity contribution in [1.29, 1.82) is 0 Å². The van der Waals surface area contributed by atoms with Crippen LogP contribution >= 0.6 is 0 Å². The number of nitrogens with two attached hydrogens (primary N) is 1. The van der Waals surface area contributed by atoms with Crippen LogP contribution in [0.4, 0.5) is 10.1 Å². The normalized spacial score (nSPS) is 14.2. The first-order valence-electron chi connectivity index (χ1n) is 3.98. The molecule has 2 heteroatoms. The van der Waals surface area contributed by atoms with Gasteiger partial charge in [-0.3, -0.25) is 0 Å². The highest BCUT2D eigenvalue weighted by atomic mass is 19.1. The molecule has 0 amide bonds. The molecule has 0 aromatic heterocycles. The summed E-state index contributed by atoms with van der Waals surface area (Å²) in [5, 5.41) is 0. The number of hydrogen-bond donors (Lipinski definition) is 1. The van der Waals surface area contributed by atoms with Crippen molar-refractivity contribution in [1.82, 2.24) is 0 Å². The lowest BCUT2D eigenvalue weighted by Gasteiger charge is -1.96. The molecule has 0 fully saturated rings. The fourth-order valence-corrected chi connectivity index (χ4v) is 0.479. The third-order valence-corrected chi connectivity index (χ3v) is 1.01. The Hall–Kier alpha value is -1.05. The number of hydrogen-bond acceptors (Lipinski definition) is 1. The van der Waals surface area contributed by atoms with Crippen LogP contribution in [0.15, 0.2) is 18.1 Å². The van der Waals surface area contributed by atoms with Crippen LogP contribution in [0.3, 0.4) is 0 Å². The minimum atomic E-state index is -0.980. The molecule has 0 bridgehead atoms. The molecule has 0 aliphatic carbocycles. The van der Waals surface area contributed by atoms with Crippen LogP contribution in [-0.2, 0) is 0 Å². The lowest BCUT2D eigenvalue weighted by Crippen LogP contribution is -1.88. The molecule has 0 saturated heterocycles. The number of halogens is 1. The molecule has 0 spiro atoms. The van der Waals surface area contributed by atoms with Crippen LogP contribution in [0.5, 0.6) is 0 Å². The van der Waals surface area contributed by atoms with E-state index in [2.05, 4.69) is 0 Å². The minimum absolute atomic E-state index is 0.00593. The predicted octanol–water partition coefficient (Wildman–Crippen LogP) is 1.72. The smallest absolute Gasteiger partial charge is 0.123 e. The van der Waals surface area contributed by atoms with E-state index in [4.69, 9.17) is 9.85 Å². The van der Waals surface area contributed by atoms with Gasteiger partial charge in [0.15, 0.2) is 0 Å². The van der Waals surface area contributed by atoms with Crippen molar-refractivity contribution >= 4 is 5.69 Å². The van der Waals surface area contributed by atoms with Gasteiger partial charge in [-0.1, -0.05) is 0 Å². The lowest BCUT2D eigenvalue weighted by atomic mass is 10.2. The van der Waals surface area contributed by atoms with Gasteiger partial charge in [0.2, 0.25) is 0 Å². The van der Waals surface area contributed by atoms with Gasteiger partial charge >= 0.3 is 0 Å². The Kier molecular flexibility index (Phi) is 0.730. The zero-order valence-electron chi connectivity index (χ0n) is 7.96. The highest BCUT2D eigenvalue weighted by Crippen LogP contribution is 2.10. The van der Waals surface area contributed by atoms with Gasteiger partial charge in [0.1, 0.15) is 5.82 Å². The summed E-state index contributed by atoms with van der Waals surface area (Å²) in [5.74, 6) is -0.980. The summed E-state index contributed by atoms with van der Waals surface area (Å²) in [6, 6.07) is -1.35. The molecule has 0 heterocycles. The number of nitrogen functional groups attached to an aromatic ring is 1. The van der Waals surface area contributed by atoms with Crippen molar-refractivity contribution in [2.75, 3.05) is 5.73 Å². The molecule has 0 radical (unpaired) electrons. The summed E-state index contributed by atoms with van der Waals surface area (Å²) in [4.78, 5) is 0. The van der Waals surface area contributed by atoms with Crippen LogP contribution in [0, 0.1) is 12.7 Å². The van der Waals surface area contributed by atoms with E-state index in [1.807, 2.05) is 0 Å². The summed E-state index contributed by atoms with van der Waals surface area (Å²) in [6.45, 7) is 1.46. The predicted molar refractivity (Wildman–Crippen MR) is 35.5 cm³/mol. The van der Waals surface area contributed by atoms with Crippen molar-refractivity contribution in [3.63, 3.8) is 0 Å². The Bertz CT molecular complexity index is 233. The molecule has 48 valence electrons. The summed E-state index contributed by atoms with van der Waals surface area (Å²) >= 11 is 0. The molecule has 1 nitrogen and oxygen atoms in total. The minimum Gasteiger partial charge on any atom is -0.399 e. The zero-order chi connectivity index (χ0) is 9.46. The average Bonchev–Trinajstić information content (AvgIpc) is 2.08. The van der Waals surface area contributed by atoms with Gasteiger partial charge in [0.25, 0.3) is 0 Å². The fourth-order valence-electron chi connectivity index (χ4n) is 0.479. The van der Waals surface area contributed by atoms with Crippen molar-refractivity contribution in [2.24, 2.45) is 0 Å². The van der Waals surface area contributed by atoms with Gasteiger partial charge in [-0.2, -0.15) is 0 Å². The molecule has 9 heavy (non-hydrogen) atoms. The molecule has 0 saturated carbocycles. The van der Waals surface area contributed by atoms with Crippen LogP contribution in [0.1, 0.15) is 9.68 Å².